The van der Waals surface area contributed by atoms with Gasteiger partial charge in [-0.1, -0.05) is 30.3 Å². The number of ether oxygens (including phenoxy) is 1. The van der Waals surface area contributed by atoms with Crippen molar-refractivity contribution >= 4 is 17.9 Å². The number of nitrogens with zero attached hydrogens (tertiary/aromatic N) is 1. The molecule has 0 bridgehead atoms. The van der Waals surface area contributed by atoms with Crippen LogP contribution >= 0.6 is 0 Å². The van der Waals surface area contributed by atoms with Gasteiger partial charge in [0.2, 0.25) is 11.8 Å². The Balaban J connectivity index is 2.20. The van der Waals surface area contributed by atoms with Crippen LogP contribution in [-0.4, -0.2) is 77.0 Å². The van der Waals surface area contributed by atoms with Gasteiger partial charge in [-0.3, -0.25) is 14.5 Å². The van der Waals surface area contributed by atoms with Crippen LogP contribution in [0.25, 0.3) is 0 Å². The van der Waals surface area contributed by atoms with E-state index in [0.717, 1.165) is 10.5 Å². The number of nitrogens with one attached hydrogen (secondary N) is 2. The van der Waals surface area contributed by atoms with Crippen LogP contribution in [0.4, 0.5) is 18.0 Å². The fourth-order valence-electron chi connectivity index (χ4n) is 4.08. The van der Waals surface area contributed by atoms with Crippen LogP contribution in [0.15, 0.2) is 30.3 Å². The van der Waals surface area contributed by atoms with Gasteiger partial charge in [-0.15, -0.1) is 0 Å². The summed E-state index contributed by atoms with van der Waals surface area (Å²) in [5.41, 5.74) is 5.10. The second kappa shape index (κ2) is 12.4. The molecule has 0 unspecified atom stereocenters. The van der Waals surface area contributed by atoms with Gasteiger partial charge in [0.15, 0.2) is 0 Å². The lowest BCUT2D eigenvalue weighted by atomic mass is 9.99. The fraction of sp³-hybridized carbons (Fsp3) is 0.625. The summed E-state index contributed by atoms with van der Waals surface area (Å²) >= 11 is 0. The van der Waals surface area contributed by atoms with Crippen molar-refractivity contribution in [2.45, 2.75) is 82.5 Å². The van der Waals surface area contributed by atoms with Crippen molar-refractivity contribution in [3.63, 3.8) is 0 Å². The summed E-state index contributed by atoms with van der Waals surface area (Å²) in [6.45, 7) is 4.71. The molecule has 1 fully saturated rings. The van der Waals surface area contributed by atoms with Crippen LogP contribution in [0.1, 0.15) is 45.6 Å². The second-order valence-electron chi connectivity index (χ2n) is 9.94. The minimum absolute atomic E-state index is 0.0631. The zero-order chi connectivity index (χ0) is 27.1. The Bertz CT molecular complexity index is 892. The molecule has 0 aromatic heterocycles. The Morgan fingerprint density at radius 1 is 1.17 bits per heavy atom. The third kappa shape index (κ3) is 9.65. The van der Waals surface area contributed by atoms with Gasteiger partial charge in [-0.05, 0) is 52.1 Å². The van der Waals surface area contributed by atoms with E-state index in [1.54, 1.807) is 51.1 Å². The summed E-state index contributed by atoms with van der Waals surface area (Å²) in [6.07, 6.45) is -6.91. The van der Waals surface area contributed by atoms with Gasteiger partial charge in [0.05, 0.1) is 18.6 Å². The summed E-state index contributed by atoms with van der Waals surface area (Å²) < 4.78 is 45.3. The quantitative estimate of drug-likeness (QED) is 0.375. The zero-order valence-corrected chi connectivity index (χ0v) is 20.7. The average Bonchev–Trinajstić information content (AvgIpc) is 3.20. The second-order valence-corrected chi connectivity index (χ2v) is 9.94. The lowest BCUT2D eigenvalue weighted by Gasteiger charge is -2.32. The Morgan fingerprint density at radius 3 is 2.36 bits per heavy atom. The molecule has 1 saturated heterocycles. The van der Waals surface area contributed by atoms with Crippen molar-refractivity contribution in [2.24, 2.45) is 5.73 Å². The number of carbonyl (C=O) groups is 3. The average molecular weight is 517 g/mol. The number of aliphatic hydroxyl groups is 1. The first kappa shape index (κ1) is 29.4. The number of likely N-dealkylation sites (tertiary alicyclic amines) is 1. The zero-order valence-electron chi connectivity index (χ0n) is 20.7. The highest BCUT2D eigenvalue weighted by atomic mass is 19.4. The lowest BCUT2D eigenvalue weighted by molar-refractivity contribution is -0.178. The van der Waals surface area contributed by atoms with Crippen molar-refractivity contribution in [2.75, 3.05) is 13.1 Å². The maximum Gasteiger partial charge on any atom is 0.408 e. The number of primary amides is 1. The first-order chi connectivity index (χ1) is 16.7. The monoisotopic (exact) mass is 516 g/mol. The third-order valence-electron chi connectivity index (χ3n) is 5.67. The Hall–Kier alpha value is -2.86. The molecule has 0 saturated carbocycles. The van der Waals surface area contributed by atoms with Gasteiger partial charge in [0, 0.05) is 6.54 Å². The number of alkyl carbamates (subject to hydrolysis) is 1. The first-order valence-electron chi connectivity index (χ1n) is 11.8. The minimum atomic E-state index is -4.43. The van der Waals surface area contributed by atoms with Crippen molar-refractivity contribution in [1.82, 2.24) is 15.5 Å². The van der Waals surface area contributed by atoms with Gasteiger partial charge >= 0.3 is 12.3 Å². The molecule has 3 amide bonds. The van der Waals surface area contributed by atoms with E-state index in [1.807, 2.05) is 0 Å². The molecular formula is C24H35F3N4O5. The SMILES string of the molecule is CC(C)(C)OC(=O)N[C@@H](CC(N)=O)C(=O)N[C@@H](Cc1ccccc1)[C@H](O)CN1CCC[C@H]1C(F)(F)F. The van der Waals surface area contributed by atoms with Crippen LogP contribution < -0.4 is 16.4 Å². The first-order valence-corrected chi connectivity index (χ1v) is 11.8. The van der Waals surface area contributed by atoms with Crippen LogP contribution in [0.3, 0.4) is 0 Å². The maximum atomic E-state index is 13.4. The van der Waals surface area contributed by atoms with E-state index in [-0.39, 0.29) is 25.9 Å². The molecule has 1 aromatic carbocycles. The molecule has 12 heteroatoms. The Labute approximate surface area is 208 Å². The highest BCUT2D eigenvalue weighted by molar-refractivity contribution is 5.90. The molecule has 1 heterocycles. The van der Waals surface area contributed by atoms with E-state index in [9.17, 15) is 32.7 Å². The molecule has 2 rings (SSSR count). The number of hydrogen-bond donors (Lipinski definition) is 4. The van der Waals surface area contributed by atoms with Gasteiger partial charge < -0.3 is 26.2 Å². The highest BCUT2D eigenvalue weighted by Crippen LogP contribution is 2.32. The Kier molecular flexibility index (Phi) is 10.1. The lowest BCUT2D eigenvalue weighted by Crippen LogP contribution is -2.57. The molecule has 1 aliphatic heterocycles. The predicted octanol–water partition coefficient (Wildman–Crippen LogP) is 1.87. The molecule has 202 valence electrons. The molecule has 1 aliphatic rings. The van der Waals surface area contributed by atoms with Gasteiger partial charge in [-0.25, -0.2) is 4.79 Å². The van der Waals surface area contributed by atoms with Crippen molar-refractivity contribution in [3.05, 3.63) is 35.9 Å². The number of aliphatic hydroxyl groups excluding tert-OH is 1. The van der Waals surface area contributed by atoms with E-state index in [1.165, 1.54) is 0 Å². The largest absolute Gasteiger partial charge is 0.444 e. The maximum absolute atomic E-state index is 13.4. The van der Waals surface area contributed by atoms with Crippen molar-refractivity contribution in [3.8, 4) is 0 Å². The van der Waals surface area contributed by atoms with Crippen LogP contribution in [-0.2, 0) is 20.7 Å². The normalized spacial score (nSPS) is 19.2. The van der Waals surface area contributed by atoms with Gasteiger partial charge in [0.25, 0.3) is 0 Å². The van der Waals surface area contributed by atoms with Gasteiger partial charge in [-0.2, -0.15) is 13.2 Å². The standard InChI is InChI=1S/C24H35F3N4O5/c1-23(2,3)36-22(35)30-17(13-20(28)33)21(34)29-16(12-15-8-5-4-6-9-15)18(32)14-31-11-7-10-19(31)24(25,26)27/h4-6,8-9,16-19,32H,7,10-14H2,1-3H3,(H2,28,33)(H,29,34)(H,30,35)/t16-,17-,18+,19-/m0/s1. The molecule has 0 spiro atoms. The molecule has 1 aromatic rings. The van der Waals surface area contributed by atoms with Crippen LogP contribution in [0, 0.1) is 0 Å². The number of rotatable bonds is 10. The van der Waals surface area contributed by atoms with E-state index < -0.39 is 60.3 Å². The number of β-amino-alcohol motifs (C(OH)–C–C–N with tert-alkyl or cyclic N) is 1. The molecule has 0 aliphatic carbocycles. The summed E-state index contributed by atoms with van der Waals surface area (Å²) in [4.78, 5) is 38.0. The van der Waals surface area contributed by atoms with Crippen LogP contribution in [0.2, 0.25) is 0 Å². The summed E-state index contributed by atoms with van der Waals surface area (Å²) in [7, 11) is 0. The number of nitrogens with two attached hydrogens (primary N) is 1. The summed E-state index contributed by atoms with van der Waals surface area (Å²) in [5.74, 6) is -1.69. The van der Waals surface area contributed by atoms with E-state index in [0.29, 0.717) is 6.42 Å². The van der Waals surface area contributed by atoms with Crippen molar-refractivity contribution in [1.29, 1.82) is 0 Å². The topological polar surface area (TPSA) is 134 Å². The summed E-state index contributed by atoms with van der Waals surface area (Å²) in [6, 6.07) is 4.69. The predicted molar refractivity (Wildman–Crippen MR) is 126 cm³/mol. The number of hydrogen-bond acceptors (Lipinski definition) is 6. The Morgan fingerprint density at radius 2 is 1.81 bits per heavy atom. The minimum Gasteiger partial charge on any atom is -0.444 e. The van der Waals surface area contributed by atoms with Crippen molar-refractivity contribution < 1.29 is 37.4 Å². The molecule has 0 radical (unpaired) electrons. The summed E-state index contributed by atoms with van der Waals surface area (Å²) in [5, 5.41) is 15.8. The third-order valence-corrected chi connectivity index (χ3v) is 5.67. The number of amides is 3. The van der Waals surface area contributed by atoms with E-state index in [4.69, 9.17) is 10.5 Å². The number of carbonyl (C=O) groups excluding carboxylic acids is 3. The molecule has 5 N–H and O–H groups in total. The number of halogens is 3. The fourth-order valence-corrected chi connectivity index (χ4v) is 4.08. The van der Waals surface area contributed by atoms with Gasteiger partial charge in [0.1, 0.15) is 17.7 Å². The number of alkyl halides is 3. The molecule has 9 nitrogen and oxygen atoms in total. The molecular weight excluding hydrogens is 481 g/mol. The smallest absolute Gasteiger partial charge is 0.408 e. The molecule has 36 heavy (non-hydrogen) atoms. The van der Waals surface area contributed by atoms with E-state index in [2.05, 4.69) is 10.6 Å². The number of benzene rings is 1. The van der Waals surface area contributed by atoms with E-state index >= 15 is 0 Å². The van der Waals surface area contributed by atoms with Crippen LogP contribution in [0.5, 0.6) is 0 Å². The molecule has 4 atom stereocenters. The highest BCUT2D eigenvalue weighted by Gasteiger charge is 2.46.